The van der Waals surface area contributed by atoms with Gasteiger partial charge >= 0.3 is 12.2 Å². The summed E-state index contributed by atoms with van der Waals surface area (Å²) in [6.07, 6.45) is 5.09. The number of nitrogens with one attached hydrogen (secondary N) is 4. The van der Waals surface area contributed by atoms with Crippen LogP contribution >= 0.6 is 11.3 Å². The number of H-pyrrole nitrogens is 1. The van der Waals surface area contributed by atoms with Gasteiger partial charge in [-0.1, -0.05) is 6.07 Å². The Kier molecular flexibility index (Phi) is 10.8. The maximum Gasteiger partial charge on any atom is 0.407 e. The predicted molar refractivity (Wildman–Crippen MR) is 174 cm³/mol. The third-order valence-electron chi connectivity index (χ3n) is 8.10. The van der Waals surface area contributed by atoms with Gasteiger partial charge in [0.15, 0.2) is 15.7 Å². The largest absolute Gasteiger partial charge is 0.447 e. The molecular formula is C31H42N6O7S2. The number of aromatic amines is 1. The number of alkyl carbamates (subject to hydrolysis) is 2. The van der Waals surface area contributed by atoms with Gasteiger partial charge in [-0.15, -0.1) is 11.3 Å². The summed E-state index contributed by atoms with van der Waals surface area (Å²) in [6, 6.07) is 7.23. The van der Waals surface area contributed by atoms with Crippen LogP contribution in [-0.2, 0) is 30.5 Å². The molecule has 1 aliphatic heterocycles. The molecule has 13 nitrogen and oxygen atoms in total. The highest BCUT2D eigenvalue weighted by Crippen LogP contribution is 2.41. The minimum atomic E-state index is -3.68. The third kappa shape index (κ3) is 8.36. The number of aromatic nitrogens is 3. The number of rotatable bonds is 12. The molecule has 2 fully saturated rings. The number of aryl methyl sites for hydroxylation is 1. The molecule has 1 aliphatic carbocycles. The summed E-state index contributed by atoms with van der Waals surface area (Å²) in [4.78, 5) is 29.2. The first-order chi connectivity index (χ1) is 22.0. The van der Waals surface area contributed by atoms with Crippen LogP contribution in [-0.4, -0.2) is 79.5 Å². The van der Waals surface area contributed by atoms with Crippen LogP contribution in [0.2, 0.25) is 0 Å². The molecule has 3 aromatic rings. The average molecular weight is 675 g/mol. The van der Waals surface area contributed by atoms with E-state index in [9.17, 15) is 18.0 Å². The molecule has 250 valence electrons. The number of carbonyl (C=O) groups excluding carboxylic acids is 2. The minimum absolute atomic E-state index is 0.0700. The van der Waals surface area contributed by atoms with Crippen LogP contribution in [0.1, 0.15) is 69.5 Å². The average Bonchev–Trinajstić information content (AvgIpc) is 3.65. The van der Waals surface area contributed by atoms with E-state index in [1.54, 1.807) is 12.3 Å². The number of hydrogen-bond acceptors (Lipinski definition) is 11. The van der Waals surface area contributed by atoms with E-state index in [0.717, 1.165) is 41.3 Å². The summed E-state index contributed by atoms with van der Waals surface area (Å²) in [5, 5.41) is 16.3. The van der Waals surface area contributed by atoms with E-state index in [1.165, 1.54) is 18.4 Å². The highest BCUT2D eigenvalue weighted by Gasteiger charge is 2.36. The molecule has 3 heterocycles. The van der Waals surface area contributed by atoms with Crippen molar-refractivity contribution < 1.29 is 32.2 Å². The van der Waals surface area contributed by atoms with Crippen LogP contribution in [0.4, 0.5) is 21.1 Å². The second-order valence-electron chi connectivity index (χ2n) is 12.0. The van der Waals surface area contributed by atoms with Gasteiger partial charge in [0.05, 0.1) is 34.1 Å². The van der Waals surface area contributed by atoms with Crippen molar-refractivity contribution in [2.75, 3.05) is 25.6 Å². The Hall–Kier alpha value is -3.69. The summed E-state index contributed by atoms with van der Waals surface area (Å²) in [5.41, 5.74) is 2.05. The smallest absolute Gasteiger partial charge is 0.407 e. The van der Waals surface area contributed by atoms with Gasteiger partial charge in [-0.25, -0.2) is 23.0 Å². The fourth-order valence-electron chi connectivity index (χ4n) is 5.47. The van der Waals surface area contributed by atoms with Crippen molar-refractivity contribution in [1.82, 2.24) is 25.8 Å². The number of thiazole rings is 1. The van der Waals surface area contributed by atoms with Crippen molar-refractivity contribution in [3.8, 4) is 10.4 Å². The van der Waals surface area contributed by atoms with E-state index < -0.39 is 21.2 Å². The molecule has 2 aliphatic rings. The van der Waals surface area contributed by atoms with E-state index in [0.29, 0.717) is 29.9 Å². The van der Waals surface area contributed by atoms with Gasteiger partial charge in [0.25, 0.3) is 0 Å². The number of benzene rings is 1. The van der Waals surface area contributed by atoms with Gasteiger partial charge in [-0.05, 0) is 71.4 Å². The summed E-state index contributed by atoms with van der Waals surface area (Å²) < 4.78 is 43.1. The van der Waals surface area contributed by atoms with Crippen molar-refractivity contribution in [2.24, 2.45) is 0 Å². The second kappa shape index (κ2) is 14.8. The number of amides is 2. The molecule has 0 bridgehead atoms. The van der Waals surface area contributed by atoms with E-state index in [-0.39, 0.29) is 48.4 Å². The molecule has 1 unspecified atom stereocenters. The SMILES string of the molecule is CNC(=O)OC(C)CCc1cc(Nc2ccc(-c3cnc([C@H]4CC[C@H](NC(=O)OC(C)C)CC4)s3)c(S(=O)(=O)C3COC3)c2)n[nH]1. The monoisotopic (exact) mass is 674 g/mol. The quantitative estimate of drug-likeness (QED) is 0.198. The zero-order valence-electron chi connectivity index (χ0n) is 26.5. The molecule has 1 saturated carbocycles. The van der Waals surface area contributed by atoms with Crippen molar-refractivity contribution in [2.45, 2.75) is 93.6 Å². The maximum atomic E-state index is 13.7. The summed E-state index contributed by atoms with van der Waals surface area (Å²) in [7, 11) is -2.16. The Morgan fingerprint density at radius 2 is 1.85 bits per heavy atom. The Labute approximate surface area is 273 Å². The first-order valence-electron chi connectivity index (χ1n) is 15.6. The van der Waals surface area contributed by atoms with E-state index in [1.807, 2.05) is 39.0 Å². The lowest BCUT2D eigenvalue weighted by Gasteiger charge is -2.28. The van der Waals surface area contributed by atoms with Crippen LogP contribution in [0.25, 0.3) is 10.4 Å². The second-order valence-corrected chi connectivity index (χ2v) is 15.3. The number of anilines is 2. The lowest BCUT2D eigenvalue weighted by Crippen LogP contribution is -2.40. The van der Waals surface area contributed by atoms with Gasteiger partial charge in [0.2, 0.25) is 0 Å². The maximum absolute atomic E-state index is 13.7. The van der Waals surface area contributed by atoms with Gasteiger partial charge in [-0.3, -0.25) is 5.10 Å². The summed E-state index contributed by atoms with van der Waals surface area (Å²) >= 11 is 1.52. The molecule has 15 heteroatoms. The number of carbonyl (C=O) groups is 2. The molecule has 1 saturated heterocycles. The van der Waals surface area contributed by atoms with Gasteiger partial charge in [0.1, 0.15) is 11.4 Å². The van der Waals surface area contributed by atoms with Crippen molar-refractivity contribution in [1.29, 1.82) is 0 Å². The van der Waals surface area contributed by atoms with Crippen LogP contribution < -0.4 is 16.0 Å². The number of sulfone groups is 1. The first-order valence-corrected chi connectivity index (χ1v) is 18.0. The van der Waals surface area contributed by atoms with E-state index in [4.69, 9.17) is 19.2 Å². The molecule has 2 aromatic heterocycles. The summed E-state index contributed by atoms with van der Waals surface area (Å²) in [6.45, 7) is 5.81. The molecule has 4 N–H and O–H groups in total. The topological polar surface area (TPSA) is 174 Å². The fraction of sp³-hybridized carbons (Fsp3) is 0.548. The summed E-state index contributed by atoms with van der Waals surface area (Å²) in [5.74, 6) is 0.784. The Bertz CT molecular complexity index is 1610. The van der Waals surface area contributed by atoms with Crippen LogP contribution in [0, 0.1) is 0 Å². The number of ether oxygens (including phenoxy) is 3. The Morgan fingerprint density at radius 3 is 2.52 bits per heavy atom. The van der Waals surface area contributed by atoms with Gasteiger partial charge in [0, 0.05) is 48.2 Å². The molecule has 1 atom stereocenters. The molecular weight excluding hydrogens is 633 g/mol. The predicted octanol–water partition coefficient (Wildman–Crippen LogP) is 5.29. The Morgan fingerprint density at radius 1 is 1.09 bits per heavy atom. The molecule has 0 spiro atoms. The standard InChI is InChI=1S/C31H42N6O7S2/c1-18(2)43-31(39)35-21-9-6-20(7-10-21)29-33-15-26(45-29)25-12-11-22(13-27(25)46(40,41)24-16-42-17-24)34-28-14-23(36-37-28)8-5-19(3)44-30(38)32-4/h11-15,18-21,24H,5-10,16-17H2,1-4H3,(H,32,38)(H,35,39)(H2,34,36,37)/t19?,20-,21-. The van der Waals surface area contributed by atoms with Crippen molar-refractivity contribution in [3.05, 3.63) is 41.2 Å². The van der Waals surface area contributed by atoms with Crippen LogP contribution in [0.15, 0.2) is 35.4 Å². The molecule has 1 aromatic carbocycles. The fourth-order valence-corrected chi connectivity index (χ4v) is 8.35. The number of nitrogens with zero attached hydrogens (tertiary/aromatic N) is 2. The van der Waals surface area contributed by atoms with E-state index in [2.05, 4.69) is 26.1 Å². The third-order valence-corrected chi connectivity index (χ3v) is 11.4. The van der Waals surface area contributed by atoms with Crippen LogP contribution in [0.3, 0.4) is 0 Å². The lowest BCUT2D eigenvalue weighted by molar-refractivity contribution is 0.0416. The minimum Gasteiger partial charge on any atom is -0.447 e. The molecule has 46 heavy (non-hydrogen) atoms. The highest BCUT2D eigenvalue weighted by molar-refractivity contribution is 7.92. The van der Waals surface area contributed by atoms with Gasteiger partial charge in [-0.2, -0.15) is 5.10 Å². The zero-order chi connectivity index (χ0) is 32.8. The van der Waals surface area contributed by atoms with Crippen molar-refractivity contribution >= 4 is 44.9 Å². The highest BCUT2D eigenvalue weighted by atomic mass is 32.2. The molecule has 2 amide bonds. The first kappa shape index (κ1) is 33.7. The molecule has 5 rings (SSSR count). The number of hydrogen-bond donors (Lipinski definition) is 4. The normalized spacial score (nSPS) is 19.2. The van der Waals surface area contributed by atoms with Crippen LogP contribution in [0.5, 0.6) is 0 Å². The molecule has 0 radical (unpaired) electrons. The lowest BCUT2D eigenvalue weighted by atomic mass is 9.86. The van der Waals surface area contributed by atoms with Gasteiger partial charge < -0.3 is 30.2 Å². The van der Waals surface area contributed by atoms with Crippen molar-refractivity contribution in [3.63, 3.8) is 0 Å². The zero-order valence-corrected chi connectivity index (χ0v) is 28.1. The Balaban J connectivity index is 1.28. The van der Waals surface area contributed by atoms with E-state index >= 15 is 0 Å².